The van der Waals surface area contributed by atoms with E-state index in [1.165, 1.54) is 18.2 Å². The van der Waals surface area contributed by atoms with Crippen molar-refractivity contribution < 1.29 is 27.5 Å². The first-order valence-electron chi connectivity index (χ1n) is 9.47. The lowest BCUT2D eigenvalue weighted by Crippen LogP contribution is -2.59. The average molecular weight is 399 g/mol. The Morgan fingerprint density at radius 3 is 2.68 bits per heavy atom. The second-order valence-electron chi connectivity index (χ2n) is 7.12. The number of para-hydroxylation sites is 1. The van der Waals surface area contributed by atoms with E-state index in [2.05, 4.69) is 20.3 Å². The van der Waals surface area contributed by atoms with Crippen molar-refractivity contribution in [1.82, 2.24) is 15.5 Å². The molecule has 2 N–H and O–H groups in total. The van der Waals surface area contributed by atoms with Gasteiger partial charge in [-0.1, -0.05) is 31.0 Å². The second kappa shape index (κ2) is 8.81. The van der Waals surface area contributed by atoms with Crippen molar-refractivity contribution >= 4 is 11.8 Å². The first-order chi connectivity index (χ1) is 13.3. The number of nitrogens with zero attached hydrogens (tertiary/aromatic N) is 1. The number of hydrogen-bond donors (Lipinski definition) is 2. The summed E-state index contributed by atoms with van der Waals surface area (Å²) in [6.07, 6.45) is -0.538. The van der Waals surface area contributed by atoms with E-state index in [-0.39, 0.29) is 36.1 Å². The van der Waals surface area contributed by atoms with E-state index in [1.54, 1.807) is 6.07 Å². The van der Waals surface area contributed by atoms with Gasteiger partial charge in [0.25, 0.3) is 0 Å². The van der Waals surface area contributed by atoms with E-state index in [1.807, 2.05) is 0 Å². The predicted octanol–water partition coefficient (Wildman–Crippen LogP) is 2.33. The molecular weight excluding hydrogens is 375 g/mol. The van der Waals surface area contributed by atoms with E-state index in [4.69, 9.17) is 0 Å². The molecule has 3 rings (SSSR count). The molecule has 1 atom stereocenters. The second-order valence-corrected chi connectivity index (χ2v) is 7.12. The Kier molecular flexibility index (Phi) is 6.43. The largest absolute Gasteiger partial charge is 0.573 e. The van der Waals surface area contributed by atoms with E-state index in [9.17, 15) is 22.8 Å². The van der Waals surface area contributed by atoms with E-state index < -0.39 is 12.4 Å². The molecule has 0 bridgehead atoms. The maximum atomic E-state index is 12.5. The summed E-state index contributed by atoms with van der Waals surface area (Å²) in [5, 5.41) is 5.41. The van der Waals surface area contributed by atoms with Gasteiger partial charge in [-0.25, -0.2) is 0 Å². The van der Waals surface area contributed by atoms with Crippen molar-refractivity contribution in [3.8, 4) is 5.75 Å². The predicted molar refractivity (Wildman–Crippen MR) is 95.3 cm³/mol. The number of halogens is 3. The van der Waals surface area contributed by atoms with Gasteiger partial charge < -0.3 is 15.4 Å². The van der Waals surface area contributed by atoms with Crippen LogP contribution >= 0.6 is 0 Å². The van der Waals surface area contributed by atoms with Crippen LogP contribution in [-0.2, 0) is 16.1 Å². The van der Waals surface area contributed by atoms with Crippen molar-refractivity contribution in [2.45, 2.75) is 57.1 Å². The molecule has 0 spiro atoms. The maximum Gasteiger partial charge on any atom is 0.573 e. The highest BCUT2D eigenvalue weighted by Crippen LogP contribution is 2.28. The zero-order chi connectivity index (χ0) is 20.1. The first kappa shape index (κ1) is 20.4. The Balaban J connectivity index is 1.60. The van der Waals surface area contributed by atoms with Crippen molar-refractivity contribution in [2.24, 2.45) is 0 Å². The number of hydrogen-bond acceptors (Lipinski definition) is 4. The molecular formula is C19H24F3N3O3. The SMILES string of the molecule is O=C(C[C@H]1C(=O)NCCN1C1CCCC1)NCc1ccccc1OC(F)(F)F. The molecule has 2 aliphatic rings. The van der Waals surface area contributed by atoms with Crippen LogP contribution in [0.5, 0.6) is 5.75 Å². The quantitative estimate of drug-likeness (QED) is 0.770. The number of piperazine rings is 1. The van der Waals surface area contributed by atoms with Crippen molar-refractivity contribution in [3.05, 3.63) is 29.8 Å². The van der Waals surface area contributed by atoms with Crippen LogP contribution in [0.3, 0.4) is 0 Å². The van der Waals surface area contributed by atoms with Crippen LogP contribution in [0, 0.1) is 0 Å². The summed E-state index contributed by atoms with van der Waals surface area (Å²) in [5.41, 5.74) is 0.217. The first-order valence-corrected chi connectivity index (χ1v) is 9.47. The molecule has 1 saturated carbocycles. The molecule has 1 aromatic carbocycles. The molecule has 1 aliphatic carbocycles. The van der Waals surface area contributed by atoms with Gasteiger partial charge in [0.05, 0.1) is 12.5 Å². The fraction of sp³-hybridized carbons (Fsp3) is 0.579. The summed E-state index contributed by atoms with van der Waals surface area (Å²) < 4.78 is 41.5. The Morgan fingerprint density at radius 2 is 1.96 bits per heavy atom. The number of carbonyl (C=O) groups is 2. The number of nitrogens with one attached hydrogen (secondary N) is 2. The van der Waals surface area contributed by atoms with Gasteiger partial charge in [-0.3, -0.25) is 14.5 Å². The van der Waals surface area contributed by atoms with Crippen LogP contribution in [0.15, 0.2) is 24.3 Å². The molecule has 154 valence electrons. The van der Waals surface area contributed by atoms with Crippen molar-refractivity contribution in [1.29, 1.82) is 0 Å². The summed E-state index contributed by atoms with van der Waals surface area (Å²) in [7, 11) is 0. The normalized spacial score (nSPS) is 21.4. The molecule has 2 fully saturated rings. The lowest BCUT2D eigenvalue weighted by atomic mass is 10.0. The molecule has 0 aromatic heterocycles. The molecule has 0 radical (unpaired) electrons. The molecule has 2 amide bonds. The van der Waals surface area contributed by atoms with Gasteiger partial charge >= 0.3 is 6.36 Å². The zero-order valence-electron chi connectivity index (χ0n) is 15.4. The Hall–Kier alpha value is -2.29. The Labute approximate surface area is 161 Å². The summed E-state index contributed by atoms with van der Waals surface area (Å²) >= 11 is 0. The van der Waals surface area contributed by atoms with Crippen LogP contribution in [-0.4, -0.2) is 48.2 Å². The molecule has 1 heterocycles. The van der Waals surface area contributed by atoms with Crippen LogP contribution in [0.2, 0.25) is 0 Å². The smallest absolute Gasteiger partial charge is 0.405 e. The zero-order valence-corrected chi connectivity index (χ0v) is 15.4. The van der Waals surface area contributed by atoms with Crippen molar-refractivity contribution in [3.63, 3.8) is 0 Å². The van der Waals surface area contributed by atoms with Gasteiger partial charge in [0.15, 0.2) is 0 Å². The van der Waals surface area contributed by atoms with Gasteiger partial charge in [0.2, 0.25) is 11.8 Å². The highest BCUT2D eigenvalue weighted by atomic mass is 19.4. The summed E-state index contributed by atoms with van der Waals surface area (Å²) in [6.45, 7) is 1.16. The topological polar surface area (TPSA) is 70.7 Å². The number of benzene rings is 1. The number of rotatable bonds is 6. The van der Waals surface area contributed by atoms with Gasteiger partial charge in [-0.15, -0.1) is 13.2 Å². The number of amides is 2. The summed E-state index contributed by atoms with van der Waals surface area (Å²) in [6, 6.07) is 5.42. The third-order valence-electron chi connectivity index (χ3n) is 5.22. The van der Waals surface area contributed by atoms with E-state index in [0.717, 1.165) is 25.7 Å². The van der Waals surface area contributed by atoms with E-state index in [0.29, 0.717) is 19.1 Å². The fourth-order valence-corrected chi connectivity index (χ4v) is 3.93. The Bertz CT molecular complexity index is 705. The highest BCUT2D eigenvalue weighted by Gasteiger charge is 2.37. The minimum atomic E-state index is -4.80. The molecule has 6 nitrogen and oxygen atoms in total. The summed E-state index contributed by atoms with van der Waals surface area (Å²) in [5.74, 6) is -0.903. The fourth-order valence-electron chi connectivity index (χ4n) is 3.93. The Morgan fingerprint density at radius 1 is 1.25 bits per heavy atom. The van der Waals surface area contributed by atoms with Crippen LogP contribution < -0.4 is 15.4 Å². The number of ether oxygens (including phenoxy) is 1. The average Bonchev–Trinajstić information content (AvgIpc) is 3.16. The third kappa shape index (κ3) is 5.37. The van der Waals surface area contributed by atoms with Gasteiger partial charge in [0, 0.05) is 31.2 Å². The van der Waals surface area contributed by atoms with Crippen LogP contribution in [0.4, 0.5) is 13.2 Å². The minimum absolute atomic E-state index is 0.0232. The van der Waals surface area contributed by atoms with Gasteiger partial charge in [-0.2, -0.15) is 0 Å². The lowest BCUT2D eigenvalue weighted by Gasteiger charge is -2.38. The van der Waals surface area contributed by atoms with Gasteiger partial charge in [-0.05, 0) is 18.9 Å². The maximum absolute atomic E-state index is 12.5. The lowest BCUT2D eigenvalue weighted by molar-refractivity contribution is -0.274. The third-order valence-corrected chi connectivity index (χ3v) is 5.22. The molecule has 0 unspecified atom stereocenters. The molecule has 1 aromatic rings. The standard InChI is InChI=1S/C19H24F3N3O3/c20-19(21,22)28-16-8-4-1-5-13(16)12-24-17(26)11-15-18(27)23-9-10-25(15)14-6-2-3-7-14/h1,4-5,8,14-15H,2-3,6-7,9-12H2,(H,23,27)(H,24,26)/t15-/m0/s1. The highest BCUT2D eigenvalue weighted by molar-refractivity contribution is 5.88. The minimum Gasteiger partial charge on any atom is -0.405 e. The molecule has 28 heavy (non-hydrogen) atoms. The van der Waals surface area contributed by atoms with Crippen LogP contribution in [0.1, 0.15) is 37.7 Å². The molecule has 1 aliphatic heterocycles. The van der Waals surface area contributed by atoms with Crippen LogP contribution in [0.25, 0.3) is 0 Å². The van der Waals surface area contributed by atoms with Crippen molar-refractivity contribution in [2.75, 3.05) is 13.1 Å². The summed E-state index contributed by atoms with van der Waals surface area (Å²) in [4.78, 5) is 26.8. The monoisotopic (exact) mass is 399 g/mol. The van der Waals surface area contributed by atoms with E-state index >= 15 is 0 Å². The molecule has 1 saturated heterocycles. The number of alkyl halides is 3. The van der Waals surface area contributed by atoms with Gasteiger partial charge in [0.1, 0.15) is 5.75 Å². The molecule has 9 heteroatoms. The number of carbonyl (C=O) groups excluding carboxylic acids is 2.